The van der Waals surface area contributed by atoms with Crippen molar-refractivity contribution in [1.82, 2.24) is 9.80 Å². The molecule has 0 radical (unpaired) electrons. The lowest BCUT2D eigenvalue weighted by Crippen LogP contribution is -2.38. The van der Waals surface area contributed by atoms with Crippen LogP contribution >= 0.6 is 0 Å². The molecule has 0 aromatic carbocycles. The van der Waals surface area contributed by atoms with Gasteiger partial charge in [0.25, 0.3) is 0 Å². The minimum atomic E-state index is 0.274. The number of piperidine rings is 1. The molecule has 16 heavy (non-hydrogen) atoms. The van der Waals surface area contributed by atoms with E-state index < -0.39 is 0 Å². The van der Waals surface area contributed by atoms with Crippen LogP contribution in [0.25, 0.3) is 0 Å². The van der Waals surface area contributed by atoms with Crippen LogP contribution < -0.4 is 0 Å². The Labute approximate surface area is 102 Å². The van der Waals surface area contributed by atoms with Crippen molar-refractivity contribution in [3.63, 3.8) is 0 Å². The fourth-order valence-electron chi connectivity index (χ4n) is 1.62. The second kappa shape index (κ2) is 10.9. The number of likely N-dealkylation sites (tertiary alicyclic amines) is 1. The predicted molar refractivity (Wildman–Crippen MR) is 71.6 cm³/mol. The molecule has 0 aromatic heterocycles. The normalized spacial score (nSPS) is 16.4. The molecule has 0 bridgehead atoms. The zero-order valence-electron chi connectivity index (χ0n) is 12.2. The van der Waals surface area contributed by atoms with Gasteiger partial charge in [0.15, 0.2) is 0 Å². The van der Waals surface area contributed by atoms with E-state index >= 15 is 0 Å². The predicted octanol–water partition coefficient (Wildman–Crippen LogP) is 2.47. The van der Waals surface area contributed by atoms with Gasteiger partial charge in [0.1, 0.15) is 0 Å². The minimum Gasteiger partial charge on any atom is -0.349 e. The highest BCUT2D eigenvalue weighted by atomic mass is 16.2. The Hall–Kier alpha value is -0.570. The Morgan fingerprint density at radius 3 is 1.75 bits per heavy atom. The van der Waals surface area contributed by atoms with Gasteiger partial charge in [-0.25, -0.2) is 0 Å². The van der Waals surface area contributed by atoms with Gasteiger partial charge in [-0.1, -0.05) is 27.7 Å². The Balaban J connectivity index is 0. The van der Waals surface area contributed by atoms with Gasteiger partial charge >= 0.3 is 0 Å². The molecule has 1 saturated heterocycles. The first-order chi connectivity index (χ1) is 7.61. The Morgan fingerprint density at radius 2 is 1.44 bits per heavy atom. The number of carbonyl (C=O) groups excluding carboxylic acids is 1. The van der Waals surface area contributed by atoms with Crippen molar-refractivity contribution in [3.8, 4) is 0 Å². The first-order valence-electron chi connectivity index (χ1n) is 6.51. The Morgan fingerprint density at radius 1 is 1.06 bits per heavy atom. The molecule has 1 aliphatic rings. The van der Waals surface area contributed by atoms with Crippen molar-refractivity contribution in [2.45, 2.75) is 40.5 Å². The standard InChI is InChI=1S/C9H18N2O.2C2H6/c1-10(2)9(12)8-4-6-11(3)7-5-8;2*1-2/h8H,4-7H2,1-3H3;2*1-2H3. The number of rotatable bonds is 1. The van der Waals surface area contributed by atoms with E-state index in [1.165, 1.54) is 0 Å². The summed E-state index contributed by atoms with van der Waals surface area (Å²) in [4.78, 5) is 15.5. The summed E-state index contributed by atoms with van der Waals surface area (Å²) in [6, 6.07) is 0. The molecule has 1 fully saturated rings. The summed E-state index contributed by atoms with van der Waals surface area (Å²) in [5.74, 6) is 0.569. The number of hydrogen-bond donors (Lipinski definition) is 0. The van der Waals surface area contributed by atoms with Crippen LogP contribution in [-0.4, -0.2) is 49.9 Å². The van der Waals surface area contributed by atoms with Crippen LogP contribution in [0, 0.1) is 5.92 Å². The third-order valence-corrected chi connectivity index (χ3v) is 2.51. The summed E-state index contributed by atoms with van der Waals surface area (Å²) >= 11 is 0. The topological polar surface area (TPSA) is 23.6 Å². The second-order valence-corrected chi connectivity index (χ2v) is 3.81. The summed E-state index contributed by atoms with van der Waals surface area (Å²) in [6.45, 7) is 10.1. The zero-order chi connectivity index (χ0) is 13.1. The van der Waals surface area contributed by atoms with Crippen LogP contribution in [0.3, 0.4) is 0 Å². The average molecular weight is 230 g/mol. The summed E-state index contributed by atoms with van der Waals surface area (Å²) in [5.41, 5.74) is 0. The minimum absolute atomic E-state index is 0.274. The lowest BCUT2D eigenvalue weighted by atomic mass is 9.96. The third kappa shape index (κ3) is 6.83. The molecule has 0 aromatic rings. The molecule has 3 heteroatoms. The van der Waals surface area contributed by atoms with Crippen molar-refractivity contribution in [2.75, 3.05) is 34.2 Å². The van der Waals surface area contributed by atoms with E-state index in [1.54, 1.807) is 4.90 Å². The number of nitrogens with zero attached hydrogens (tertiary/aromatic N) is 2. The highest BCUT2D eigenvalue weighted by molar-refractivity contribution is 5.78. The van der Waals surface area contributed by atoms with E-state index in [1.807, 2.05) is 41.8 Å². The van der Waals surface area contributed by atoms with Crippen LogP contribution in [0.5, 0.6) is 0 Å². The monoisotopic (exact) mass is 230 g/mol. The third-order valence-electron chi connectivity index (χ3n) is 2.51. The lowest BCUT2D eigenvalue weighted by Gasteiger charge is -2.29. The summed E-state index contributed by atoms with van der Waals surface area (Å²) in [7, 11) is 5.78. The first kappa shape index (κ1) is 17.8. The molecular formula is C13H30N2O. The van der Waals surface area contributed by atoms with Crippen LogP contribution in [0.1, 0.15) is 40.5 Å². The van der Waals surface area contributed by atoms with Crippen LogP contribution in [-0.2, 0) is 4.79 Å². The smallest absolute Gasteiger partial charge is 0.225 e. The largest absolute Gasteiger partial charge is 0.349 e. The molecule has 0 N–H and O–H groups in total. The zero-order valence-corrected chi connectivity index (χ0v) is 12.2. The van der Waals surface area contributed by atoms with Crippen molar-refractivity contribution in [2.24, 2.45) is 5.92 Å². The highest BCUT2D eigenvalue weighted by Crippen LogP contribution is 2.17. The molecule has 1 amide bonds. The van der Waals surface area contributed by atoms with Gasteiger partial charge in [0.05, 0.1) is 0 Å². The van der Waals surface area contributed by atoms with Crippen molar-refractivity contribution >= 4 is 5.91 Å². The molecular weight excluding hydrogens is 200 g/mol. The maximum absolute atomic E-state index is 11.5. The van der Waals surface area contributed by atoms with Crippen molar-refractivity contribution < 1.29 is 4.79 Å². The van der Waals surface area contributed by atoms with E-state index in [9.17, 15) is 4.79 Å². The van der Waals surface area contributed by atoms with Gasteiger partial charge < -0.3 is 9.80 Å². The molecule has 0 saturated carbocycles. The number of carbonyl (C=O) groups is 1. The van der Waals surface area contributed by atoms with Gasteiger partial charge in [-0.2, -0.15) is 0 Å². The van der Waals surface area contributed by atoms with E-state index in [0.717, 1.165) is 25.9 Å². The number of hydrogen-bond acceptors (Lipinski definition) is 2. The van der Waals surface area contributed by atoms with E-state index in [0.29, 0.717) is 5.91 Å². The average Bonchev–Trinajstić information content (AvgIpc) is 2.34. The molecule has 0 aliphatic carbocycles. The molecule has 98 valence electrons. The Bertz CT molecular complexity index is 161. The molecule has 0 unspecified atom stereocenters. The van der Waals surface area contributed by atoms with Crippen LogP contribution in [0.2, 0.25) is 0 Å². The Kier molecular flexibility index (Phi) is 12.2. The van der Waals surface area contributed by atoms with E-state index in [-0.39, 0.29) is 5.92 Å². The van der Waals surface area contributed by atoms with Crippen molar-refractivity contribution in [1.29, 1.82) is 0 Å². The maximum Gasteiger partial charge on any atom is 0.225 e. The molecule has 0 atom stereocenters. The summed E-state index contributed by atoms with van der Waals surface area (Å²) < 4.78 is 0. The van der Waals surface area contributed by atoms with Crippen LogP contribution in [0.15, 0.2) is 0 Å². The SMILES string of the molecule is CC.CC.CN1CCC(C(=O)N(C)C)CC1. The lowest BCUT2D eigenvalue weighted by molar-refractivity contribution is -0.134. The van der Waals surface area contributed by atoms with Gasteiger partial charge in [0, 0.05) is 20.0 Å². The van der Waals surface area contributed by atoms with E-state index in [2.05, 4.69) is 11.9 Å². The fraction of sp³-hybridized carbons (Fsp3) is 0.923. The van der Waals surface area contributed by atoms with Crippen LogP contribution in [0.4, 0.5) is 0 Å². The summed E-state index contributed by atoms with van der Waals surface area (Å²) in [6.07, 6.45) is 2.04. The second-order valence-electron chi connectivity index (χ2n) is 3.81. The maximum atomic E-state index is 11.5. The van der Waals surface area contributed by atoms with Gasteiger partial charge in [-0.3, -0.25) is 4.79 Å². The van der Waals surface area contributed by atoms with Crippen molar-refractivity contribution in [3.05, 3.63) is 0 Å². The quantitative estimate of drug-likeness (QED) is 0.691. The molecule has 1 rings (SSSR count). The number of amides is 1. The van der Waals surface area contributed by atoms with E-state index in [4.69, 9.17) is 0 Å². The first-order valence-corrected chi connectivity index (χ1v) is 6.51. The van der Waals surface area contributed by atoms with Gasteiger partial charge in [-0.05, 0) is 33.0 Å². The van der Waals surface area contributed by atoms with Gasteiger partial charge in [-0.15, -0.1) is 0 Å². The highest BCUT2D eigenvalue weighted by Gasteiger charge is 2.23. The molecule has 1 heterocycles. The molecule has 3 nitrogen and oxygen atoms in total. The summed E-state index contributed by atoms with van der Waals surface area (Å²) in [5, 5.41) is 0. The van der Waals surface area contributed by atoms with Gasteiger partial charge in [0.2, 0.25) is 5.91 Å². The molecule has 1 aliphatic heterocycles. The molecule has 0 spiro atoms. The fourth-order valence-corrected chi connectivity index (χ4v) is 1.62.